The molecule has 21 heavy (non-hydrogen) atoms. The van der Waals surface area contributed by atoms with E-state index in [0.29, 0.717) is 12.0 Å². The van der Waals surface area contributed by atoms with E-state index in [1.54, 1.807) is 6.07 Å². The number of halogens is 3. The maximum atomic E-state index is 13.8. The number of carbonyl (C=O) groups excluding carboxylic acids is 1. The number of hydrogen-bond donors (Lipinski definition) is 1. The molecule has 1 unspecified atom stereocenters. The van der Waals surface area contributed by atoms with Gasteiger partial charge in [0.25, 0.3) is 5.92 Å². The first-order valence-electron chi connectivity index (χ1n) is 6.93. The summed E-state index contributed by atoms with van der Waals surface area (Å²) < 4.78 is 40.9. The number of likely N-dealkylation sites (tertiary alicyclic amines) is 1. The van der Waals surface area contributed by atoms with Crippen LogP contribution in [0.5, 0.6) is 0 Å². The average molecular weight is 300 g/mol. The fourth-order valence-electron chi connectivity index (χ4n) is 2.89. The lowest BCUT2D eigenvalue weighted by molar-refractivity contribution is -0.144. The second kappa shape index (κ2) is 5.67. The second-order valence-corrected chi connectivity index (χ2v) is 5.65. The Bertz CT molecular complexity index is 528. The molecular formula is C15H19F3N2O. The number of nitrogens with zero attached hydrogens (tertiary/aromatic N) is 1. The Morgan fingerprint density at radius 2 is 2.10 bits per heavy atom. The molecule has 1 heterocycles. The highest BCUT2D eigenvalue weighted by molar-refractivity contribution is 5.82. The second-order valence-electron chi connectivity index (χ2n) is 5.65. The number of carbonyl (C=O) groups is 1. The summed E-state index contributed by atoms with van der Waals surface area (Å²) in [7, 11) is 0. The molecule has 0 spiro atoms. The topological polar surface area (TPSA) is 46.3 Å². The minimum atomic E-state index is -3.02. The van der Waals surface area contributed by atoms with Crippen LogP contribution in [0.25, 0.3) is 0 Å². The van der Waals surface area contributed by atoms with Crippen molar-refractivity contribution in [3.05, 3.63) is 35.6 Å². The van der Waals surface area contributed by atoms with E-state index in [4.69, 9.17) is 5.73 Å². The van der Waals surface area contributed by atoms with Gasteiger partial charge in [-0.1, -0.05) is 12.1 Å². The molecule has 1 aliphatic heterocycles. The molecule has 6 heteroatoms. The fourth-order valence-corrected chi connectivity index (χ4v) is 2.89. The van der Waals surface area contributed by atoms with Crippen molar-refractivity contribution in [1.82, 2.24) is 4.90 Å². The monoisotopic (exact) mass is 300 g/mol. The van der Waals surface area contributed by atoms with E-state index in [0.717, 1.165) is 11.8 Å². The van der Waals surface area contributed by atoms with Crippen LogP contribution in [0, 0.1) is 5.82 Å². The van der Waals surface area contributed by atoms with Crippen LogP contribution in [0.2, 0.25) is 0 Å². The number of nitrogens with two attached hydrogens (primary N) is 1. The molecule has 116 valence electrons. The molecule has 2 rings (SSSR count). The first-order valence-corrected chi connectivity index (χ1v) is 6.93. The zero-order valence-corrected chi connectivity index (χ0v) is 12.0. The van der Waals surface area contributed by atoms with Crippen molar-refractivity contribution >= 4 is 5.91 Å². The maximum absolute atomic E-state index is 13.8. The van der Waals surface area contributed by atoms with Crippen LogP contribution in [0.4, 0.5) is 13.2 Å². The van der Waals surface area contributed by atoms with Crippen LogP contribution in [-0.4, -0.2) is 28.8 Å². The number of benzene rings is 1. The molecule has 3 nitrogen and oxygen atoms in total. The Morgan fingerprint density at radius 1 is 1.43 bits per heavy atom. The Hall–Kier alpha value is -1.56. The van der Waals surface area contributed by atoms with Crippen LogP contribution >= 0.6 is 0 Å². The van der Waals surface area contributed by atoms with Gasteiger partial charge < -0.3 is 10.6 Å². The van der Waals surface area contributed by atoms with Crippen LogP contribution in [-0.2, 0) is 4.79 Å². The predicted octanol–water partition coefficient (Wildman–Crippen LogP) is 2.86. The third-order valence-corrected chi connectivity index (χ3v) is 3.85. The van der Waals surface area contributed by atoms with Crippen molar-refractivity contribution in [1.29, 1.82) is 0 Å². The molecule has 1 aromatic carbocycles. The van der Waals surface area contributed by atoms with Gasteiger partial charge in [-0.05, 0) is 37.5 Å². The van der Waals surface area contributed by atoms with Crippen molar-refractivity contribution in [2.24, 2.45) is 5.73 Å². The Balaban J connectivity index is 2.39. The maximum Gasteiger partial charge on any atom is 0.265 e. The van der Waals surface area contributed by atoms with Crippen LogP contribution in [0.15, 0.2) is 24.3 Å². The molecule has 0 aliphatic carbocycles. The lowest BCUT2D eigenvalue weighted by Crippen LogP contribution is -2.51. The molecule has 3 atom stereocenters. The van der Waals surface area contributed by atoms with Gasteiger partial charge in [0.2, 0.25) is 5.91 Å². The van der Waals surface area contributed by atoms with Gasteiger partial charge in [-0.2, -0.15) is 0 Å². The van der Waals surface area contributed by atoms with Gasteiger partial charge in [0.05, 0.1) is 18.1 Å². The minimum absolute atomic E-state index is 0.170. The van der Waals surface area contributed by atoms with E-state index < -0.39 is 35.8 Å². The minimum Gasteiger partial charge on any atom is -0.325 e. The van der Waals surface area contributed by atoms with E-state index >= 15 is 0 Å². The highest BCUT2D eigenvalue weighted by atomic mass is 19.3. The quantitative estimate of drug-likeness (QED) is 0.933. The third-order valence-electron chi connectivity index (χ3n) is 3.85. The molecule has 0 aromatic heterocycles. The molecule has 1 aromatic rings. The van der Waals surface area contributed by atoms with E-state index in [1.165, 1.54) is 25.1 Å². The average Bonchev–Trinajstić information content (AvgIpc) is 2.82. The molecule has 1 amide bonds. The first-order chi connectivity index (χ1) is 9.71. The van der Waals surface area contributed by atoms with Gasteiger partial charge in [-0.15, -0.1) is 0 Å². The Labute approximate surface area is 121 Å². The number of hydrogen-bond acceptors (Lipinski definition) is 2. The van der Waals surface area contributed by atoms with Crippen LogP contribution in [0.1, 0.15) is 38.3 Å². The summed E-state index contributed by atoms with van der Waals surface area (Å²) in [5, 5.41) is 0. The molecule has 0 bridgehead atoms. The summed E-state index contributed by atoms with van der Waals surface area (Å²) in [6, 6.07) is 3.08. The molecule has 1 aliphatic rings. The Morgan fingerprint density at radius 3 is 2.62 bits per heavy atom. The summed E-state index contributed by atoms with van der Waals surface area (Å²) in [6.07, 6.45) is 0.541. The molecule has 2 N–H and O–H groups in total. The third kappa shape index (κ3) is 3.20. The highest BCUT2D eigenvalue weighted by Crippen LogP contribution is 2.42. The molecule has 0 saturated carbocycles. The molecule has 1 saturated heterocycles. The summed E-state index contributed by atoms with van der Waals surface area (Å²) in [4.78, 5) is 13.4. The first kappa shape index (κ1) is 15.8. The lowest BCUT2D eigenvalue weighted by Gasteiger charge is -2.34. The Kier molecular flexibility index (Phi) is 4.27. The highest BCUT2D eigenvalue weighted by Gasteiger charge is 2.48. The van der Waals surface area contributed by atoms with Crippen molar-refractivity contribution in [3.8, 4) is 0 Å². The van der Waals surface area contributed by atoms with Crippen molar-refractivity contribution in [3.63, 3.8) is 0 Å². The zero-order chi connectivity index (χ0) is 15.8. The lowest BCUT2D eigenvalue weighted by atomic mass is 10.0. The summed E-state index contributed by atoms with van der Waals surface area (Å²) in [5.41, 5.74) is 6.11. The van der Waals surface area contributed by atoms with Gasteiger partial charge >= 0.3 is 0 Å². The smallest absolute Gasteiger partial charge is 0.265 e. The van der Waals surface area contributed by atoms with E-state index in [9.17, 15) is 18.0 Å². The van der Waals surface area contributed by atoms with Gasteiger partial charge in [0.1, 0.15) is 5.82 Å². The summed E-state index contributed by atoms with van der Waals surface area (Å²) in [5.74, 6) is -4.01. The summed E-state index contributed by atoms with van der Waals surface area (Å²) in [6.45, 7) is 2.27. The number of rotatable bonds is 3. The molecule has 1 fully saturated rings. The zero-order valence-electron chi connectivity index (χ0n) is 12.0. The van der Waals surface area contributed by atoms with Crippen molar-refractivity contribution < 1.29 is 18.0 Å². The van der Waals surface area contributed by atoms with Gasteiger partial charge in [-0.3, -0.25) is 4.79 Å². The van der Waals surface area contributed by atoms with E-state index in [1.807, 2.05) is 0 Å². The fraction of sp³-hybridized carbons (Fsp3) is 0.533. The molecule has 0 radical (unpaired) electrons. The number of alkyl halides is 2. The van der Waals surface area contributed by atoms with Gasteiger partial charge in [-0.25, -0.2) is 13.2 Å². The van der Waals surface area contributed by atoms with Crippen molar-refractivity contribution in [2.45, 2.75) is 50.7 Å². The normalized spacial score (nSPS) is 24.2. The molecular weight excluding hydrogens is 281 g/mol. The van der Waals surface area contributed by atoms with Crippen LogP contribution < -0.4 is 5.73 Å². The van der Waals surface area contributed by atoms with Crippen LogP contribution in [0.3, 0.4) is 0 Å². The number of amides is 1. The standard InChI is InChI=1S/C15H19F3N2O/c1-9(19)14(21)20-12(6-7-13(20)15(2,17)18)10-4-3-5-11(16)8-10/h3-5,8-9,12-13H,6-7,19H2,1-2H3/t9?,12-,13+/m0/s1. The van der Waals surface area contributed by atoms with Gasteiger partial charge in [0, 0.05) is 6.92 Å². The van der Waals surface area contributed by atoms with E-state index in [-0.39, 0.29) is 6.42 Å². The predicted molar refractivity (Wildman–Crippen MR) is 73.3 cm³/mol. The van der Waals surface area contributed by atoms with E-state index in [2.05, 4.69) is 0 Å². The van der Waals surface area contributed by atoms with Crippen molar-refractivity contribution in [2.75, 3.05) is 0 Å². The summed E-state index contributed by atoms with van der Waals surface area (Å²) >= 11 is 0. The largest absolute Gasteiger partial charge is 0.325 e. The SMILES string of the molecule is CC(N)C(=O)N1[C@H](c2cccc(F)c2)CC[C@@H]1C(C)(F)F. The van der Waals surface area contributed by atoms with Gasteiger partial charge in [0.15, 0.2) is 0 Å².